The highest BCUT2D eigenvalue weighted by Crippen LogP contribution is 2.22. The minimum atomic E-state index is -0.829. The fourth-order valence-electron chi connectivity index (χ4n) is 2.80. The predicted octanol–water partition coefficient (Wildman–Crippen LogP) is 10.9. The molecule has 0 aliphatic rings. The van der Waals surface area contributed by atoms with Crippen LogP contribution in [0.25, 0.3) is 0 Å². The zero-order valence-corrected chi connectivity index (χ0v) is 39.3. The molecule has 0 saturated heterocycles. The number of hydrogen-bond acceptors (Lipinski definition) is 7. The van der Waals surface area contributed by atoms with Crippen LogP contribution in [0.2, 0.25) is 0 Å². The topological polar surface area (TPSA) is 116 Å². The monoisotopic (exact) mass is 1090 g/mol. The number of carbonyl (C=O) groups excluding carboxylic acids is 3. The molecule has 3 aromatic rings. The highest BCUT2D eigenvalue weighted by atomic mass is 79.9. The lowest BCUT2D eigenvalue weighted by Crippen LogP contribution is -2.10. The number of aryl methyl sites for hydroxylation is 1. The van der Waals surface area contributed by atoms with Gasteiger partial charge in [0.15, 0.2) is 0 Å². The highest BCUT2D eigenvalue weighted by molar-refractivity contribution is 9.10. The van der Waals surface area contributed by atoms with Crippen molar-refractivity contribution in [3.8, 4) is 0 Å². The van der Waals surface area contributed by atoms with Crippen LogP contribution in [0.1, 0.15) is 55.5 Å². The summed E-state index contributed by atoms with van der Waals surface area (Å²) in [5.41, 5.74) is 6.66. The molecule has 0 saturated carbocycles. The van der Waals surface area contributed by atoms with Crippen LogP contribution in [0.15, 0.2) is 78.9 Å². The molecule has 0 unspecified atom stereocenters. The largest absolute Gasteiger partial charge is 0.481 e. The molecule has 0 spiro atoms. The first-order chi connectivity index (χ1) is 24.1. The van der Waals surface area contributed by atoms with Crippen molar-refractivity contribution in [1.82, 2.24) is 0 Å². The lowest BCUT2D eigenvalue weighted by Gasteiger charge is -2.18. The number of alkyl halides is 6. The Balaban J connectivity index is -0.000000559. The Kier molecular flexibility index (Phi) is 37.4. The predicted molar refractivity (Wildman–Crippen MR) is 229 cm³/mol. The summed E-state index contributed by atoms with van der Waals surface area (Å²) in [6.07, 6.45) is 0. The molecule has 0 aromatic heterocycles. The van der Waals surface area contributed by atoms with E-state index >= 15 is 0 Å². The molecule has 14 heteroatoms. The second-order valence-corrected chi connectivity index (χ2v) is 14.0. The summed E-state index contributed by atoms with van der Waals surface area (Å²) >= 11 is 18.4. The van der Waals surface area contributed by atoms with Gasteiger partial charge in [0.2, 0.25) is 0 Å². The number of methoxy groups -OCH3 is 1. The van der Waals surface area contributed by atoms with Crippen LogP contribution in [-0.4, -0.2) is 64.0 Å². The van der Waals surface area contributed by atoms with Crippen LogP contribution in [0.5, 0.6) is 0 Å². The second kappa shape index (κ2) is 35.4. The summed E-state index contributed by atoms with van der Waals surface area (Å²) < 4.78 is 13.6. The maximum Gasteiger partial charge on any atom is 0.316 e. The van der Waals surface area contributed by atoms with Gasteiger partial charge in [-0.3, -0.25) is 19.2 Å². The Morgan fingerprint density at radius 2 is 1.02 bits per heavy atom. The molecule has 0 heterocycles. The molecule has 286 valence electrons. The first kappa shape index (κ1) is 53.8. The summed E-state index contributed by atoms with van der Waals surface area (Å²) in [5, 5.41) is 10.4. The number of rotatable bonds is 9. The first-order valence-electron chi connectivity index (χ1n) is 15.2. The molecule has 0 radical (unpaired) electrons. The van der Waals surface area contributed by atoms with Gasteiger partial charge in [0.1, 0.15) is 27.9 Å². The van der Waals surface area contributed by atoms with Crippen LogP contribution in [0.3, 0.4) is 0 Å². The molecular formula is C37H48Br6O8. The molecule has 0 fully saturated rings. The van der Waals surface area contributed by atoms with Crippen molar-refractivity contribution in [1.29, 1.82) is 0 Å². The molecule has 0 atom stereocenters. The standard InChI is InChI=1S/C11H15Br.C9H9BrO2.C8H9Br.C4H7BrO2.C3H5BrO2.C2H3BrO2/c1-11(2,3)10-6-4-9(8-12)5-7-10;10-6-9(11)12-7-8-4-2-1-3-5-8;1-7-2-4-8(6-9)5-3-7;1-2-7-4(6)3-5;1-6-3(5)2-4;3-1-2(4)5/h4-7H,8H2,1-3H3;1-5H,6-7H2;2-5H,6H2,1H3;2-3H2,1H3;2H2,1H3;1H2,(H,4,5). The SMILES string of the molecule is CC(C)(C)c1ccc(CBr)cc1.CCOC(=O)CBr.COC(=O)CBr.Cc1ccc(CBr)cc1.O=C(CBr)OCc1ccccc1.O=C(O)CBr. The minimum absolute atomic E-state index is 0.0347. The summed E-state index contributed by atoms with van der Waals surface area (Å²) in [4.78, 5) is 40.1. The van der Waals surface area contributed by atoms with E-state index in [1.54, 1.807) is 6.92 Å². The third kappa shape index (κ3) is 35.2. The van der Waals surface area contributed by atoms with E-state index in [1.165, 1.54) is 29.4 Å². The molecule has 0 aliphatic carbocycles. The number of carbonyl (C=O) groups is 4. The van der Waals surface area contributed by atoms with E-state index in [9.17, 15) is 19.2 Å². The van der Waals surface area contributed by atoms with Crippen molar-refractivity contribution in [2.45, 2.75) is 57.3 Å². The number of aliphatic carboxylic acids is 1. The van der Waals surface area contributed by atoms with Crippen molar-refractivity contribution in [3.05, 3.63) is 107 Å². The van der Waals surface area contributed by atoms with E-state index in [0.717, 1.165) is 16.2 Å². The summed E-state index contributed by atoms with van der Waals surface area (Å²) in [6, 6.07) is 26.9. The van der Waals surface area contributed by atoms with Crippen LogP contribution in [0, 0.1) is 6.92 Å². The summed E-state index contributed by atoms with van der Waals surface area (Å²) in [7, 11) is 1.35. The third-order valence-corrected chi connectivity index (χ3v) is 8.61. The number of halogens is 6. The van der Waals surface area contributed by atoms with Crippen molar-refractivity contribution < 1.29 is 38.5 Å². The van der Waals surface area contributed by atoms with Crippen LogP contribution in [0.4, 0.5) is 0 Å². The van der Waals surface area contributed by atoms with Crippen molar-refractivity contribution in [2.24, 2.45) is 0 Å². The normalized spacial score (nSPS) is 9.41. The highest BCUT2D eigenvalue weighted by Gasteiger charge is 2.12. The molecule has 8 nitrogen and oxygen atoms in total. The van der Waals surface area contributed by atoms with Gasteiger partial charge in [-0.25, -0.2) is 0 Å². The Morgan fingerprint density at radius 3 is 1.31 bits per heavy atom. The molecule has 0 amide bonds. The average Bonchev–Trinajstić information content (AvgIpc) is 3.15. The van der Waals surface area contributed by atoms with Gasteiger partial charge in [-0.2, -0.15) is 0 Å². The van der Waals surface area contributed by atoms with Crippen LogP contribution >= 0.6 is 95.6 Å². The summed E-state index contributed by atoms with van der Waals surface area (Å²) in [6.45, 7) is 11.4. The van der Waals surface area contributed by atoms with E-state index in [-0.39, 0.29) is 39.3 Å². The zero-order chi connectivity index (χ0) is 39.7. The number of carboxylic acid groups (broad SMARTS) is 1. The fourth-order valence-corrected chi connectivity index (χ4v) is 4.10. The molecule has 3 aromatic carbocycles. The fraction of sp³-hybridized carbons (Fsp3) is 0.405. The number of hydrogen-bond donors (Lipinski definition) is 1. The maximum atomic E-state index is 10.7. The first-order valence-corrected chi connectivity index (χ1v) is 22.0. The molecule has 0 bridgehead atoms. The zero-order valence-electron chi connectivity index (χ0n) is 29.7. The molecule has 1 N–H and O–H groups in total. The average molecular weight is 1100 g/mol. The van der Waals surface area contributed by atoms with E-state index in [1.807, 2.05) is 30.3 Å². The van der Waals surface area contributed by atoms with E-state index in [4.69, 9.17) is 9.84 Å². The second-order valence-electron chi connectivity index (χ2n) is 10.7. The van der Waals surface area contributed by atoms with E-state index in [2.05, 4.69) is 181 Å². The number of benzene rings is 3. The van der Waals surface area contributed by atoms with Gasteiger partial charge in [-0.1, -0.05) is 201 Å². The van der Waals surface area contributed by atoms with Crippen molar-refractivity contribution in [3.63, 3.8) is 0 Å². The number of carboxylic acids is 1. The number of esters is 3. The number of ether oxygens (including phenoxy) is 3. The smallest absolute Gasteiger partial charge is 0.316 e. The Morgan fingerprint density at radius 1 is 0.608 bits per heavy atom. The third-order valence-electron chi connectivity index (χ3n) is 5.47. The van der Waals surface area contributed by atoms with Crippen molar-refractivity contribution >= 4 is 119 Å². The lowest BCUT2D eigenvalue weighted by atomic mass is 9.87. The molecule has 3 rings (SSSR count). The Bertz CT molecular complexity index is 1310. The molecule has 51 heavy (non-hydrogen) atoms. The van der Waals surface area contributed by atoms with Gasteiger partial charge in [0.25, 0.3) is 0 Å². The Hall–Kier alpha value is -1.58. The van der Waals surface area contributed by atoms with Crippen molar-refractivity contribution in [2.75, 3.05) is 35.0 Å². The van der Waals surface area contributed by atoms with E-state index < -0.39 is 5.97 Å². The quantitative estimate of drug-likeness (QED) is 0.128. The van der Waals surface area contributed by atoms with E-state index in [0.29, 0.717) is 18.5 Å². The summed E-state index contributed by atoms with van der Waals surface area (Å²) in [5.74, 6) is -1.51. The van der Waals surface area contributed by atoms with Crippen LogP contribution < -0.4 is 0 Å². The van der Waals surface area contributed by atoms with Gasteiger partial charge >= 0.3 is 23.9 Å². The maximum absolute atomic E-state index is 10.7. The van der Waals surface area contributed by atoms with Gasteiger partial charge in [0, 0.05) is 10.7 Å². The van der Waals surface area contributed by atoms with Gasteiger partial charge in [-0.05, 0) is 41.5 Å². The van der Waals surface area contributed by atoms with Gasteiger partial charge in [0.05, 0.1) is 13.7 Å². The Labute approximate surface area is 353 Å². The minimum Gasteiger partial charge on any atom is -0.481 e. The van der Waals surface area contributed by atoms with Crippen LogP contribution in [-0.2, 0) is 56.1 Å². The van der Waals surface area contributed by atoms with Gasteiger partial charge in [-0.15, -0.1) is 0 Å². The van der Waals surface area contributed by atoms with Gasteiger partial charge < -0.3 is 19.3 Å². The molecule has 0 aliphatic heterocycles. The molecular weight excluding hydrogens is 1050 g/mol. The lowest BCUT2D eigenvalue weighted by molar-refractivity contribution is -0.142.